The van der Waals surface area contributed by atoms with Crippen molar-refractivity contribution in [2.24, 2.45) is 11.8 Å². The minimum Gasteiger partial charge on any atom is -0.445 e. The number of hydrogen-bond donors (Lipinski definition) is 5. The Balaban J connectivity index is 1.41. The molecule has 6 atom stereocenters. The van der Waals surface area contributed by atoms with Crippen molar-refractivity contribution in [2.45, 2.75) is 109 Å². The number of fused-ring (bicyclic) bond motifs is 21. The Hall–Kier alpha value is -4.53. The van der Waals surface area contributed by atoms with Gasteiger partial charge in [0, 0.05) is 57.6 Å². The van der Waals surface area contributed by atoms with Gasteiger partial charge in [0.05, 0.1) is 98.4 Å². The monoisotopic (exact) mass is 1280 g/mol. The molecule has 0 aliphatic carbocycles. The molecule has 3 aliphatic rings. The number of amides is 1. The summed E-state index contributed by atoms with van der Waals surface area (Å²) in [5.41, 5.74) is 2.24. The predicted octanol–water partition coefficient (Wildman–Crippen LogP) is 7.18. The smallest absolute Gasteiger partial charge is 0.407 e. The Labute approximate surface area is 507 Å². The second kappa shape index (κ2) is 33.9. The maximum absolute atomic E-state index is 14.8. The molecular formula is C59H85N3O20S4. The molecule has 4 aromatic carbocycles. The van der Waals surface area contributed by atoms with Crippen molar-refractivity contribution >= 4 is 46.6 Å². The summed E-state index contributed by atoms with van der Waals surface area (Å²) in [5.74, 6) is -2.84. The van der Waals surface area contributed by atoms with Gasteiger partial charge in [0.15, 0.2) is 0 Å². The van der Waals surface area contributed by atoms with Crippen LogP contribution in [-0.2, 0) is 73.6 Å². The van der Waals surface area contributed by atoms with Crippen LogP contribution >= 0.6 is 0 Å². The number of hydrogen-bond acceptors (Lipinski definition) is 18. The summed E-state index contributed by atoms with van der Waals surface area (Å²) in [4.78, 5) is 17.7. The van der Waals surface area contributed by atoms with Gasteiger partial charge >= 0.3 is 6.09 Å². The van der Waals surface area contributed by atoms with Crippen LogP contribution in [0.3, 0.4) is 0 Å². The summed E-state index contributed by atoms with van der Waals surface area (Å²) in [6.45, 7) is 16.0. The van der Waals surface area contributed by atoms with E-state index in [1.165, 1.54) is 72.8 Å². The van der Waals surface area contributed by atoms with E-state index in [0.717, 1.165) is 0 Å². The molecule has 3 heterocycles. The van der Waals surface area contributed by atoms with Gasteiger partial charge in [0.25, 0.3) is 40.5 Å². The fourth-order valence-electron chi connectivity index (χ4n) is 10.9. The minimum atomic E-state index is -4.71. The highest BCUT2D eigenvalue weighted by Gasteiger charge is 2.39. The van der Waals surface area contributed by atoms with E-state index in [0.29, 0.717) is 140 Å². The standard InChI is InChI=1S/C59H85N3O20S4/c1-43(2)39-56(47-9-17-53(18-10-47)85(70,71)72)58(82-59(63)60-22-21-50-42-62-26-31-78-35-33-76-28-23-61(25-30-80-37-38-81-50)24-29-77-34-36-79-32-27-62)57(48-11-19-54(20-12-48)86(73,74)75)41-49(45-5-13-51(14-6-45)83(64,65)66)40-55(44(3)4)46-7-15-52(16-8-46)84(67,68)69/h5-20,43-44,49-50,55-58H,21-42H2,1-4H3,(H,60,63)(H,64,65,66)(H,67,68,69)(H,70,71,72)(H,73,74,75). The molecule has 86 heavy (non-hydrogen) atoms. The van der Waals surface area contributed by atoms with Crippen molar-refractivity contribution in [1.29, 1.82) is 0 Å². The summed E-state index contributed by atoms with van der Waals surface area (Å²) < 4.78 is 182. The molecule has 27 heteroatoms. The van der Waals surface area contributed by atoms with E-state index in [-0.39, 0.29) is 58.4 Å². The van der Waals surface area contributed by atoms with Crippen LogP contribution < -0.4 is 5.32 Å². The zero-order valence-electron chi connectivity index (χ0n) is 49.3. The average molecular weight is 1280 g/mol. The largest absolute Gasteiger partial charge is 0.445 e. The first-order chi connectivity index (χ1) is 40.8. The lowest BCUT2D eigenvalue weighted by Gasteiger charge is -2.38. The van der Waals surface area contributed by atoms with E-state index in [1.54, 1.807) is 24.3 Å². The Morgan fingerprint density at radius 3 is 1.19 bits per heavy atom. The molecule has 0 aromatic heterocycles. The van der Waals surface area contributed by atoms with E-state index in [2.05, 4.69) is 15.1 Å². The highest BCUT2D eigenvalue weighted by molar-refractivity contribution is 7.86. The highest BCUT2D eigenvalue weighted by Crippen LogP contribution is 2.46. The number of alkyl carbamates (subject to hydrolysis) is 1. The summed E-state index contributed by atoms with van der Waals surface area (Å²) >= 11 is 0. The van der Waals surface area contributed by atoms with Gasteiger partial charge in [0.2, 0.25) is 0 Å². The molecule has 23 nitrogen and oxygen atoms in total. The van der Waals surface area contributed by atoms with Gasteiger partial charge in [-0.25, -0.2) is 4.79 Å². The number of rotatable bonds is 21. The van der Waals surface area contributed by atoms with E-state index in [4.69, 9.17) is 33.2 Å². The second-order valence-corrected chi connectivity index (χ2v) is 28.0. The van der Waals surface area contributed by atoms with E-state index >= 15 is 0 Å². The van der Waals surface area contributed by atoms with Crippen LogP contribution in [0.1, 0.15) is 99.3 Å². The molecule has 0 radical (unpaired) electrons. The van der Waals surface area contributed by atoms with E-state index in [1.807, 2.05) is 27.7 Å². The molecule has 2 bridgehead atoms. The lowest BCUT2D eigenvalue weighted by Crippen LogP contribution is -2.41. The predicted molar refractivity (Wildman–Crippen MR) is 319 cm³/mol. The first kappa shape index (κ1) is 70.6. The van der Waals surface area contributed by atoms with Gasteiger partial charge in [-0.05, 0) is 120 Å². The van der Waals surface area contributed by atoms with Crippen molar-refractivity contribution in [2.75, 3.05) is 118 Å². The molecule has 3 fully saturated rings. The summed E-state index contributed by atoms with van der Waals surface area (Å²) in [6.07, 6.45) is -1.46. The first-order valence-electron chi connectivity index (χ1n) is 29.0. The number of nitrogens with one attached hydrogen (secondary N) is 1. The summed E-state index contributed by atoms with van der Waals surface area (Å²) in [5, 5.41) is 2.96. The molecule has 0 saturated carbocycles. The molecule has 7 rings (SSSR count). The van der Waals surface area contributed by atoms with Crippen LogP contribution in [0.5, 0.6) is 0 Å². The Morgan fingerprint density at radius 2 is 0.814 bits per heavy atom. The topological polar surface area (TPSA) is 318 Å². The number of carbonyl (C=O) groups excluding carboxylic acids is 1. The SMILES string of the molecule is CC(C)CC(c1ccc(S(=O)(=O)O)cc1)C(OC(=O)NCCC1CN2CCOCCOCCN(CCOCCOCC2)CCOCCO1)C(CC(CC(c1ccc(S(=O)(=O)O)cc1)C(C)C)c1ccc(S(=O)(=O)O)cc1)c1ccc(S(=O)(=O)O)cc1. The number of ether oxygens (including phenoxy) is 7. The van der Waals surface area contributed by atoms with Gasteiger partial charge in [0.1, 0.15) is 6.10 Å². The van der Waals surface area contributed by atoms with Crippen molar-refractivity contribution < 1.29 is 89.8 Å². The molecule has 5 N–H and O–H groups in total. The van der Waals surface area contributed by atoms with Crippen molar-refractivity contribution in [3.8, 4) is 0 Å². The fourth-order valence-corrected chi connectivity index (χ4v) is 12.8. The van der Waals surface area contributed by atoms with Crippen LogP contribution in [0.15, 0.2) is 117 Å². The third-order valence-electron chi connectivity index (χ3n) is 15.4. The van der Waals surface area contributed by atoms with E-state index < -0.39 is 81.4 Å². The normalized spacial score (nSPS) is 20.9. The zero-order valence-corrected chi connectivity index (χ0v) is 52.5. The maximum Gasteiger partial charge on any atom is 0.407 e. The van der Waals surface area contributed by atoms with Gasteiger partial charge < -0.3 is 38.5 Å². The van der Waals surface area contributed by atoms with Gasteiger partial charge in [-0.1, -0.05) is 76.2 Å². The second-order valence-electron chi connectivity index (χ2n) is 22.3. The maximum atomic E-state index is 14.8. The first-order valence-corrected chi connectivity index (χ1v) is 34.7. The quantitative estimate of drug-likeness (QED) is 0.0516. The number of carbonyl (C=O) groups is 1. The summed E-state index contributed by atoms with van der Waals surface area (Å²) in [6, 6.07) is 22.3. The van der Waals surface area contributed by atoms with E-state index in [9.17, 15) is 56.7 Å². The number of nitrogens with zero attached hydrogens (tertiary/aromatic N) is 2. The highest BCUT2D eigenvalue weighted by atomic mass is 32.2. The van der Waals surface area contributed by atoms with Crippen LogP contribution in [-0.4, -0.2) is 198 Å². The minimum absolute atomic E-state index is 0.0579. The molecule has 3 saturated heterocycles. The van der Waals surface area contributed by atoms with Crippen LogP contribution in [0, 0.1) is 11.8 Å². The lowest BCUT2D eigenvalue weighted by atomic mass is 9.71. The summed E-state index contributed by atoms with van der Waals surface area (Å²) in [7, 11) is -18.6. The van der Waals surface area contributed by atoms with Gasteiger partial charge in [-0.3, -0.25) is 28.0 Å². The molecular weight excluding hydrogens is 1200 g/mol. The molecule has 480 valence electrons. The fraction of sp³-hybridized carbons (Fsp3) is 0.576. The number of benzene rings is 4. The van der Waals surface area contributed by atoms with Crippen LogP contribution in [0.4, 0.5) is 4.79 Å². The molecule has 6 unspecified atom stereocenters. The third-order valence-corrected chi connectivity index (χ3v) is 18.9. The van der Waals surface area contributed by atoms with Crippen molar-refractivity contribution in [1.82, 2.24) is 15.1 Å². The molecule has 0 spiro atoms. The molecule has 3 aliphatic heterocycles. The zero-order chi connectivity index (χ0) is 62.5. The van der Waals surface area contributed by atoms with Crippen molar-refractivity contribution in [3.63, 3.8) is 0 Å². The Morgan fingerprint density at radius 1 is 0.477 bits per heavy atom. The molecule has 4 aromatic rings. The third kappa shape index (κ3) is 23.4. The van der Waals surface area contributed by atoms with Gasteiger partial charge in [-0.2, -0.15) is 33.7 Å². The van der Waals surface area contributed by atoms with Crippen LogP contribution in [0.25, 0.3) is 0 Å². The van der Waals surface area contributed by atoms with Crippen molar-refractivity contribution in [3.05, 3.63) is 119 Å². The molecule has 1 amide bonds. The Bertz CT molecular complexity index is 3140. The Kier molecular flexibility index (Phi) is 27.8. The average Bonchev–Trinajstić information content (AvgIpc) is 1.39. The van der Waals surface area contributed by atoms with Gasteiger partial charge in [-0.15, -0.1) is 0 Å². The van der Waals surface area contributed by atoms with Crippen LogP contribution in [0.2, 0.25) is 0 Å². The lowest BCUT2D eigenvalue weighted by molar-refractivity contribution is -0.0347.